The van der Waals surface area contributed by atoms with Gasteiger partial charge in [-0.05, 0) is 81.9 Å². The molecule has 1 aromatic rings. The van der Waals surface area contributed by atoms with Crippen molar-refractivity contribution in [2.24, 2.45) is 5.73 Å². The third kappa shape index (κ3) is 10.9. The third-order valence-electron chi connectivity index (χ3n) is 7.48. The van der Waals surface area contributed by atoms with E-state index in [1.54, 1.807) is 0 Å². The van der Waals surface area contributed by atoms with E-state index in [0.29, 0.717) is 18.8 Å². The number of hydrogen-bond donors (Lipinski definition) is 3. The largest absolute Gasteiger partial charge is 0.374 e. The molecule has 0 aliphatic carbocycles. The number of benzene rings is 1. The maximum absolute atomic E-state index is 11.9. The monoisotopic (exact) mass is 506 g/mol. The first-order valence-corrected chi connectivity index (χ1v) is 13.8. The summed E-state index contributed by atoms with van der Waals surface area (Å²) in [5.41, 5.74) is 7.89. The molecule has 1 aromatic carbocycles. The molecule has 0 radical (unpaired) electrons. The zero-order valence-corrected chi connectivity index (χ0v) is 22.3. The van der Waals surface area contributed by atoms with Gasteiger partial charge in [0.1, 0.15) is 6.04 Å². The van der Waals surface area contributed by atoms with E-state index in [2.05, 4.69) is 39.8 Å². The van der Waals surface area contributed by atoms with Gasteiger partial charge in [0, 0.05) is 12.1 Å². The Morgan fingerprint density at radius 2 is 1.40 bits per heavy atom. The van der Waals surface area contributed by atoms with Crippen molar-refractivity contribution in [3.8, 4) is 0 Å². The maximum atomic E-state index is 11.9. The van der Waals surface area contributed by atoms with Gasteiger partial charge in [-0.2, -0.15) is 0 Å². The summed E-state index contributed by atoms with van der Waals surface area (Å²) in [6.07, 6.45) is 16.9. The van der Waals surface area contributed by atoms with Gasteiger partial charge < -0.3 is 16.0 Å². The fourth-order valence-electron chi connectivity index (χ4n) is 5.27. The van der Waals surface area contributed by atoms with E-state index in [1.807, 2.05) is 0 Å². The molecular formula is C28H47ClN4O2. The number of hydrogen-bond acceptors (Lipinski definition) is 5. The number of imide groups is 1. The van der Waals surface area contributed by atoms with Gasteiger partial charge in [0.15, 0.2) is 0 Å². The standard InChI is InChI=1S/C28H46N4O2.ClH/c29-19-9-7-5-3-1-2-4-6-8-10-20-32-21-17-24(18-22-32)23-11-13-25(14-12-23)30-26-15-16-27(33)31-28(26)34;/h11-14,24,26,30H,1-10,15-22,29H2,(H,31,33,34);1H. The molecule has 2 fully saturated rings. The van der Waals surface area contributed by atoms with Crippen molar-refractivity contribution in [2.45, 2.75) is 102 Å². The fourth-order valence-corrected chi connectivity index (χ4v) is 5.27. The van der Waals surface area contributed by atoms with Crippen molar-refractivity contribution in [2.75, 3.05) is 31.5 Å². The van der Waals surface area contributed by atoms with Crippen LogP contribution in [0, 0.1) is 0 Å². The van der Waals surface area contributed by atoms with Gasteiger partial charge in [0.2, 0.25) is 11.8 Å². The molecule has 1 unspecified atom stereocenters. The average Bonchev–Trinajstić information content (AvgIpc) is 2.85. The summed E-state index contributed by atoms with van der Waals surface area (Å²) >= 11 is 0. The summed E-state index contributed by atoms with van der Waals surface area (Å²) in [5, 5.41) is 5.67. The fraction of sp³-hybridized carbons (Fsp3) is 0.714. The lowest BCUT2D eigenvalue weighted by Gasteiger charge is -2.32. The van der Waals surface area contributed by atoms with E-state index in [4.69, 9.17) is 5.73 Å². The van der Waals surface area contributed by atoms with Crippen molar-refractivity contribution in [1.29, 1.82) is 0 Å². The Labute approximate surface area is 218 Å². The molecule has 3 rings (SSSR count). The Bertz CT molecular complexity index is 735. The second-order valence-electron chi connectivity index (χ2n) is 10.2. The SMILES string of the molecule is Cl.NCCCCCCCCCCCCN1CCC(c2ccc(NC3CCC(=O)NC3=O)cc2)CC1. The Hall–Kier alpha value is -1.63. The molecule has 1 atom stereocenters. The Kier molecular flexibility index (Phi) is 14.3. The minimum absolute atomic E-state index is 0. The van der Waals surface area contributed by atoms with Crippen LogP contribution in [-0.4, -0.2) is 48.9 Å². The molecule has 2 aliphatic heterocycles. The quantitative estimate of drug-likeness (QED) is 0.220. The number of nitrogens with zero attached hydrogens (tertiary/aromatic N) is 1. The van der Waals surface area contributed by atoms with Crippen LogP contribution in [0.4, 0.5) is 5.69 Å². The van der Waals surface area contributed by atoms with Crippen molar-refractivity contribution in [3.63, 3.8) is 0 Å². The molecule has 0 spiro atoms. The van der Waals surface area contributed by atoms with Gasteiger partial charge >= 0.3 is 0 Å². The Morgan fingerprint density at radius 1 is 0.829 bits per heavy atom. The summed E-state index contributed by atoms with van der Waals surface area (Å²) < 4.78 is 0. The maximum Gasteiger partial charge on any atom is 0.249 e. The first-order chi connectivity index (χ1) is 16.7. The molecule has 35 heavy (non-hydrogen) atoms. The summed E-state index contributed by atoms with van der Waals surface area (Å²) in [6, 6.07) is 8.23. The molecule has 6 nitrogen and oxygen atoms in total. The third-order valence-corrected chi connectivity index (χ3v) is 7.48. The minimum atomic E-state index is -0.321. The Morgan fingerprint density at radius 3 is 1.97 bits per heavy atom. The van der Waals surface area contributed by atoms with Crippen LogP contribution in [0.2, 0.25) is 0 Å². The molecule has 198 valence electrons. The van der Waals surface area contributed by atoms with Gasteiger partial charge in [-0.25, -0.2) is 0 Å². The van der Waals surface area contributed by atoms with Gasteiger partial charge in [-0.15, -0.1) is 12.4 Å². The van der Waals surface area contributed by atoms with Gasteiger partial charge in [-0.3, -0.25) is 14.9 Å². The summed E-state index contributed by atoms with van der Waals surface area (Å²) in [7, 11) is 0. The molecule has 7 heteroatoms. The number of nitrogens with one attached hydrogen (secondary N) is 2. The number of carbonyl (C=O) groups excluding carboxylic acids is 2. The number of amides is 2. The molecule has 2 aliphatic rings. The number of rotatable bonds is 15. The van der Waals surface area contributed by atoms with Crippen LogP contribution in [0.15, 0.2) is 24.3 Å². The number of halogens is 1. The number of carbonyl (C=O) groups is 2. The van der Waals surface area contributed by atoms with Gasteiger partial charge in [0.25, 0.3) is 0 Å². The van der Waals surface area contributed by atoms with Crippen molar-refractivity contribution >= 4 is 29.9 Å². The predicted molar refractivity (Wildman–Crippen MR) is 147 cm³/mol. The Balaban J connectivity index is 0.00000432. The van der Waals surface area contributed by atoms with Crippen LogP contribution in [0.25, 0.3) is 0 Å². The van der Waals surface area contributed by atoms with E-state index < -0.39 is 0 Å². The van der Waals surface area contributed by atoms with Crippen LogP contribution in [0.1, 0.15) is 101 Å². The van der Waals surface area contributed by atoms with E-state index in [9.17, 15) is 9.59 Å². The summed E-state index contributed by atoms with van der Waals surface area (Å²) in [5.74, 6) is 0.234. The second-order valence-corrected chi connectivity index (χ2v) is 10.2. The van der Waals surface area contributed by atoms with Crippen LogP contribution in [0.5, 0.6) is 0 Å². The number of anilines is 1. The van der Waals surface area contributed by atoms with Crippen LogP contribution < -0.4 is 16.4 Å². The lowest BCUT2D eigenvalue weighted by Crippen LogP contribution is -2.47. The molecule has 0 aromatic heterocycles. The molecule has 2 heterocycles. The molecule has 4 N–H and O–H groups in total. The lowest BCUT2D eigenvalue weighted by atomic mass is 9.89. The van der Waals surface area contributed by atoms with Gasteiger partial charge in [-0.1, -0.05) is 63.5 Å². The average molecular weight is 507 g/mol. The predicted octanol–water partition coefficient (Wildman–Crippen LogP) is 5.36. The van der Waals surface area contributed by atoms with Crippen LogP contribution >= 0.6 is 12.4 Å². The topological polar surface area (TPSA) is 87.5 Å². The lowest BCUT2D eigenvalue weighted by molar-refractivity contribution is -0.133. The number of unbranched alkanes of at least 4 members (excludes halogenated alkanes) is 9. The number of likely N-dealkylation sites (tertiary alicyclic amines) is 1. The molecule has 2 saturated heterocycles. The molecule has 2 amide bonds. The minimum Gasteiger partial charge on any atom is -0.374 e. The molecule has 0 saturated carbocycles. The number of nitrogens with two attached hydrogens (primary N) is 1. The van der Waals surface area contributed by atoms with Crippen molar-refractivity contribution in [3.05, 3.63) is 29.8 Å². The first-order valence-electron chi connectivity index (χ1n) is 13.8. The van der Waals surface area contributed by atoms with Crippen molar-refractivity contribution < 1.29 is 9.59 Å². The highest BCUT2D eigenvalue weighted by molar-refractivity contribution is 6.01. The zero-order valence-electron chi connectivity index (χ0n) is 21.4. The van der Waals surface area contributed by atoms with Crippen LogP contribution in [0.3, 0.4) is 0 Å². The first kappa shape index (κ1) is 29.6. The second kappa shape index (κ2) is 16.9. The molecular weight excluding hydrogens is 460 g/mol. The van der Waals surface area contributed by atoms with E-state index >= 15 is 0 Å². The molecule has 0 bridgehead atoms. The van der Waals surface area contributed by atoms with E-state index in [1.165, 1.54) is 102 Å². The van der Waals surface area contributed by atoms with E-state index in [-0.39, 0.29) is 30.3 Å². The highest BCUT2D eigenvalue weighted by Crippen LogP contribution is 2.29. The zero-order chi connectivity index (χ0) is 24.0. The highest BCUT2D eigenvalue weighted by atomic mass is 35.5. The normalized spacial score (nSPS) is 19.3. The van der Waals surface area contributed by atoms with Crippen LogP contribution in [-0.2, 0) is 9.59 Å². The van der Waals surface area contributed by atoms with E-state index in [0.717, 1.165) is 12.2 Å². The number of piperidine rings is 2. The smallest absolute Gasteiger partial charge is 0.249 e. The van der Waals surface area contributed by atoms with Crippen molar-refractivity contribution in [1.82, 2.24) is 10.2 Å². The summed E-state index contributed by atoms with van der Waals surface area (Å²) in [6.45, 7) is 4.49. The van der Waals surface area contributed by atoms with Gasteiger partial charge in [0.05, 0.1) is 0 Å². The highest BCUT2D eigenvalue weighted by Gasteiger charge is 2.26. The summed E-state index contributed by atoms with van der Waals surface area (Å²) in [4.78, 5) is 25.9.